The molecule has 1 aliphatic rings. The van der Waals surface area contributed by atoms with Gasteiger partial charge in [-0.3, -0.25) is 15.0 Å². The number of rotatable bonds is 3. The van der Waals surface area contributed by atoms with Gasteiger partial charge < -0.3 is 4.90 Å². The topological polar surface area (TPSA) is 49.6 Å². The third kappa shape index (κ3) is 3.83. The first-order valence-electron chi connectivity index (χ1n) is 6.14. The molecule has 1 aromatic rings. The third-order valence-electron chi connectivity index (χ3n) is 3.20. The Morgan fingerprint density at radius 3 is 2.10 bits per heavy atom. The van der Waals surface area contributed by atoms with Gasteiger partial charge in [0.15, 0.2) is 0 Å². The summed E-state index contributed by atoms with van der Waals surface area (Å²) in [6.07, 6.45) is -4.17. The summed E-state index contributed by atoms with van der Waals surface area (Å²) in [6, 6.07) is 6.05. The Labute approximate surface area is 113 Å². The molecule has 110 valence electrons. The molecule has 1 fully saturated rings. The summed E-state index contributed by atoms with van der Waals surface area (Å²) in [6.45, 7) is 0.732. The highest BCUT2D eigenvalue weighted by Gasteiger charge is 2.32. The number of nitro groups is 1. The second-order valence-corrected chi connectivity index (χ2v) is 4.65. The van der Waals surface area contributed by atoms with Gasteiger partial charge in [0, 0.05) is 44.0 Å². The zero-order chi connectivity index (χ0) is 14.8. The largest absolute Gasteiger partial charge is 0.401 e. The van der Waals surface area contributed by atoms with Crippen LogP contribution in [0.1, 0.15) is 0 Å². The summed E-state index contributed by atoms with van der Waals surface area (Å²) in [4.78, 5) is 13.4. The second-order valence-electron chi connectivity index (χ2n) is 4.65. The number of benzene rings is 1. The van der Waals surface area contributed by atoms with E-state index >= 15 is 0 Å². The molecule has 0 amide bonds. The van der Waals surface area contributed by atoms with Crippen LogP contribution in [0.15, 0.2) is 24.3 Å². The molecule has 5 nitrogen and oxygen atoms in total. The number of non-ortho nitro benzene ring substituents is 1. The highest BCUT2D eigenvalue weighted by atomic mass is 19.4. The van der Waals surface area contributed by atoms with Crippen LogP contribution >= 0.6 is 0 Å². The molecular weight excluding hydrogens is 275 g/mol. The quantitative estimate of drug-likeness (QED) is 0.633. The third-order valence-corrected chi connectivity index (χ3v) is 3.20. The molecule has 1 saturated heterocycles. The van der Waals surface area contributed by atoms with Gasteiger partial charge in [0.2, 0.25) is 0 Å². The van der Waals surface area contributed by atoms with Crippen molar-refractivity contribution < 1.29 is 18.1 Å². The molecule has 0 spiro atoms. The van der Waals surface area contributed by atoms with E-state index in [0.29, 0.717) is 26.2 Å². The lowest BCUT2D eigenvalue weighted by Gasteiger charge is -2.36. The molecule has 0 radical (unpaired) electrons. The van der Waals surface area contributed by atoms with Gasteiger partial charge in [0.25, 0.3) is 5.69 Å². The minimum Gasteiger partial charge on any atom is -0.369 e. The van der Waals surface area contributed by atoms with Gasteiger partial charge in [-0.1, -0.05) is 0 Å². The van der Waals surface area contributed by atoms with E-state index in [-0.39, 0.29) is 5.69 Å². The van der Waals surface area contributed by atoms with Gasteiger partial charge >= 0.3 is 6.18 Å². The maximum absolute atomic E-state index is 12.3. The van der Waals surface area contributed by atoms with Crippen molar-refractivity contribution in [3.05, 3.63) is 34.4 Å². The van der Waals surface area contributed by atoms with E-state index in [9.17, 15) is 23.3 Å². The SMILES string of the molecule is O=[N+]([O-])c1ccc(N2CCN(CC(F)(F)F)CC2)cc1. The zero-order valence-electron chi connectivity index (χ0n) is 10.6. The van der Waals surface area contributed by atoms with E-state index in [1.165, 1.54) is 17.0 Å². The number of anilines is 1. The predicted molar refractivity (Wildman–Crippen MR) is 67.8 cm³/mol. The van der Waals surface area contributed by atoms with Crippen molar-refractivity contribution in [2.75, 3.05) is 37.6 Å². The molecule has 20 heavy (non-hydrogen) atoms. The maximum Gasteiger partial charge on any atom is 0.401 e. The van der Waals surface area contributed by atoms with E-state index < -0.39 is 17.6 Å². The molecule has 0 N–H and O–H groups in total. The lowest BCUT2D eigenvalue weighted by molar-refractivity contribution is -0.384. The standard InChI is InChI=1S/C12H14F3N3O2/c13-12(14,15)9-16-5-7-17(8-6-16)10-1-3-11(4-2-10)18(19)20/h1-4H,5-9H2. The summed E-state index contributed by atoms with van der Waals surface area (Å²) >= 11 is 0. The number of halogens is 3. The summed E-state index contributed by atoms with van der Waals surface area (Å²) in [5.41, 5.74) is 0.798. The van der Waals surface area contributed by atoms with Crippen LogP contribution in [0, 0.1) is 10.1 Å². The van der Waals surface area contributed by atoms with Crippen molar-refractivity contribution in [1.29, 1.82) is 0 Å². The average molecular weight is 289 g/mol. The van der Waals surface area contributed by atoms with Crippen LogP contribution in [0.3, 0.4) is 0 Å². The number of hydrogen-bond acceptors (Lipinski definition) is 4. The smallest absolute Gasteiger partial charge is 0.369 e. The van der Waals surface area contributed by atoms with Crippen molar-refractivity contribution >= 4 is 11.4 Å². The summed E-state index contributed by atoms with van der Waals surface area (Å²) in [5, 5.41) is 10.5. The summed E-state index contributed by atoms with van der Waals surface area (Å²) in [5.74, 6) is 0. The molecule has 2 rings (SSSR count). The van der Waals surface area contributed by atoms with Crippen LogP contribution in [0.5, 0.6) is 0 Å². The summed E-state index contributed by atoms with van der Waals surface area (Å²) < 4.78 is 36.8. The lowest BCUT2D eigenvalue weighted by atomic mass is 10.2. The van der Waals surface area contributed by atoms with Crippen LogP contribution in [0.4, 0.5) is 24.5 Å². The highest BCUT2D eigenvalue weighted by Crippen LogP contribution is 2.22. The summed E-state index contributed by atoms with van der Waals surface area (Å²) in [7, 11) is 0. The normalized spacial score (nSPS) is 17.2. The van der Waals surface area contributed by atoms with E-state index in [2.05, 4.69) is 0 Å². The van der Waals surface area contributed by atoms with E-state index in [1.807, 2.05) is 4.90 Å². The fourth-order valence-corrected chi connectivity index (χ4v) is 2.20. The highest BCUT2D eigenvalue weighted by molar-refractivity contribution is 5.51. The molecule has 1 aliphatic heterocycles. The molecule has 0 unspecified atom stereocenters. The second kappa shape index (κ2) is 5.66. The van der Waals surface area contributed by atoms with Crippen LogP contribution in [0.25, 0.3) is 0 Å². The van der Waals surface area contributed by atoms with Crippen molar-refractivity contribution in [3.63, 3.8) is 0 Å². The number of nitrogens with zero attached hydrogens (tertiary/aromatic N) is 3. The minimum absolute atomic E-state index is 0.00413. The Kier molecular flexibility index (Phi) is 4.12. The average Bonchev–Trinajstić information content (AvgIpc) is 2.38. The first-order chi connectivity index (χ1) is 9.35. The first kappa shape index (κ1) is 14.6. The Balaban J connectivity index is 1.92. The molecular formula is C12H14F3N3O2. The van der Waals surface area contributed by atoms with Crippen LogP contribution in [0.2, 0.25) is 0 Å². The zero-order valence-corrected chi connectivity index (χ0v) is 10.6. The van der Waals surface area contributed by atoms with Crippen molar-refractivity contribution in [2.24, 2.45) is 0 Å². The molecule has 0 aromatic heterocycles. The predicted octanol–water partition coefficient (Wildman–Crippen LogP) is 2.28. The number of nitro benzene ring substituents is 1. The number of piperazine rings is 1. The van der Waals surface area contributed by atoms with Crippen molar-refractivity contribution in [1.82, 2.24) is 4.90 Å². The lowest BCUT2D eigenvalue weighted by Crippen LogP contribution is -2.49. The molecule has 0 aliphatic carbocycles. The Morgan fingerprint density at radius 1 is 1.10 bits per heavy atom. The van der Waals surface area contributed by atoms with Gasteiger partial charge in [0.1, 0.15) is 0 Å². The monoisotopic (exact) mass is 289 g/mol. The van der Waals surface area contributed by atoms with Gasteiger partial charge in [-0.15, -0.1) is 0 Å². The Morgan fingerprint density at radius 2 is 1.65 bits per heavy atom. The fourth-order valence-electron chi connectivity index (χ4n) is 2.20. The van der Waals surface area contributed by atoms with E-state index in [1.54, 1.807) is 12.1 Å². The minimum atomic E-state index is -4.17. The van der Waals surface area contributed by atoms with Gasteiger partial charge in [-0.2, -0.15) is 13.2 Å². The molecule has 0 atom stereocenters. The number of alkyl halides is 3. The molecule has 0 bridgehead atoms. The maximum atomic E-state index is 12.3. The molecule has 1 heterocycles. The Hall–Kier alpha value is -1.83. The van der Waals surface area contributed by atoms with Crippen molar-refractivity contribution in [3.8, 4) is 0 Å². The molecule has 8 heteroatoms. The first-order valence-corrected chi connectivity index (χ1v) is 6.14. The molecule has 1 aromatic carbocycles. The molecule has 0 saturated carbocycles. The van der Waals surface area contributed by atoms with Crippen LogP contribution in [-0.4, -0.2) is 48.7 Å². The van der Waals surface area contributed by atoms with Gasteiger partial charge in [-0.05, 0) is 12.1 Å². The van der Waals surface area contributed by atoms with E-state index in [0.717, 1.165) is 5.69 Å². The van der Waals surface area contributed by atoms with Crippen molar-refractivity contribution in [2.45, 2.75) is 6.18 Å². The van der Waals surface area contributed by atoms with Crippen LogP contribution < -0.4 is 4.90 Å². The van der Waals surface area contributed by atoms with E-state index in [4.69, 9.17) is 0 Å². The fraction of sp³-hybridized carbons (Fsp3) is 0.500. The van der Waals surface area contributed by atoms with Gasteiger partial charge in [-0.25, -0.2) is 0 Å². The Bertz CT molecular complexity index is 468. The van der Waals surface area contributed by atoms with Gasteiger partial charge in [0.05, 0.1) is 11.5 Å². The number of hydrogen-bond donors (Lipinski definition) is 0. The van der Waals surface area contributed by atoms with Crippen LogP contribution in [-0.2, 0) is 0 Å².